The Morgan fingerprint density at radius 2 is 1.87 bits per heavy atom. The Balaban J connectivity index is 1.08. The second-order valence-corrected chi connectivity index (χ2v) is 10.1. The van der Waals surface area contributed by atoms with Gasteiger partial charge in [0.15, 0.2) is 0 Å². The van der Waals surface area contributed by atoms with Gasteiger partial charge in [-0.1, -0.05) is 24.3 Å². The van der Waals surface area contributed by atoms with Crippen LogP contribution in [0.1, 0.15) is 47.8 Å². The Kier molecular flexibility index (Phi) is 7.04. The number of pyridine rings is 1. The molecule has 0 unspecified atom stereocenters. The fraction of sp³-hybridized carbons (Fsp3) is 0.367. The van der Waals surface area contributed by atoms with Gasteiger partial charge < -0.3 is 14.0 Å². The predicted molar refractivity (Wildman–Crippen MR) is 141 cm³/mol. The van der Waals surface area contributed by atoms with Gasteiger partial charge in [-0.25, -0.2) is 14.4 Å². The molecule has 0 amide bonds. The van der Waals surface area contributed by atoms with Crippen molar-refractivity contribution in [2.45, 2.75) is 51.0 Å². The van der Waals surface area contributed by atoms with Crippen molar-refractivity contribution in [3.05, 3.63) is 89.1 Å². The van der Waals surface area contributed by atoms with E-state index < -0.39 is 5.82 Å². The molecule has 4 heterocycles. The minimum absolute atomic E-state index is 0.0688. The number of fused-ring (bicyclic) bond motifs is 1. The number of imidazole rings is 1. The monoisotopic (exact) mass is 511 g/mol. The number of piperidine rings is 1. The third-order valence-corrected chi connectivity index (χ3v) is 7.59. The minimum atomic E-state index is -0.443. The lowest BCUT2D eigenvalue weighted by molar-refractivity contribution is -0.0592. The quantitative estimate of drug-likeness (QED) is 0.324. The molecule has 2 aromatic heterocycles. The van der Waals surface area contributed by atoms with Gasteiger partial charge in [-0.2, -0.15) is 5.26 Å². The maximum atomic E-state index is 14.2. The van der Waals surface area contributed by atoms with E-state index in [1.54, 1.807) is 18.2 Å². The van der Waals surface area contributed by atoms with Gasteiger partial charge in [-0.05, 0) is 62.7 Å². The molecule has 2 fully saturated rings. The molecule has 2 saturated heterocycles. The maximum Gasteiger partial charge on any atom is 0.213 e. The first-order valence-corrected chi connectivity index (χ1v) is 13.2. The van der Waals surface area contributed by atoms with Gasteiger partial charge in [0.25, 0.3) is 0 Å². The van der Waals surface area contributed by atoms with Crippen LogP contribution in [0.4, 0.5) is 4.39 Å². The number of nitrogens with zero attached hydrogens (tertiary/aromatic N) is 5. The fourth-order valence-electron chi connectivity index (χ4n) is 5.29. The molecule has 0 spiro atoms. The van der Waals surface area contributed by atoms with Gasteiger partial charge in [0.1, 0.15) is 18.2 Å². The van der Waals surface area contributed by atoms with E-state index in [4.69, 9.17) is 24.7 Å². The van der Waals surface area contributed by atoms with Crippen molar-refractivity contribution in [1.82, 2.24) is 19.4 Å². The molecule has 4 aromatic rings. The summed E-state index contributed by atoms with van der Waals surface area (Å²) >= 11 is 0. The van der Waals surface area contributed by atoms with Crippen molar-refractivity contribution in [3.63, 3.8) is 0 Å². The van der Waals surface area contributed by atoms with Crippen LogP contribution in [0.25, 0.3) is 11.0 Å². The van der Waals surface area contributed by atoms with Crippen LogP contribution in [0.3, 0.4) is 0 Å². The van der Waals surface area contributed by atoms with E-state index in [1.165, 1.54) is 11.6 Å². The van der Waals surface area contributed by atoms with Crippen molar-refractivity contribution in [3.8, 4) is 11.9 Å². The molecular formula is C30H30FN5O2. The summed E-state index contributed by atoms with van der Waals surface area (Å²) in [6, 6.07) is 20.5. The van der Waals surface area contributed by atoms with E-state index in [0.29, 0.717) is 22.9 Å². The molecule has 194 valence electrons. The van der Waals surface area contributed by atoms with Gasteiger partial charge in [0, 0.05) is 29.8 Å². The molecule has 0 bridgehead atoms. The van der Waals surface area contributed by atoms with Gasteiger partial charge >= 0.3 is 0 Å². The van der Waals surface area contributed by atoms with Crippen molar-refractivity contribution in [1.29, 1.82) is 5.26 Å². The number of benzene rings is 2. The highest BCUT2D eigenvalue weighted by Gasteiger charge is 2.25. The van der Waals surface area contributed by atoms with E-state index in [0.717, 1.165) is 69.1 Å². The van der Waals surface area contributed by atoms with Gasteiger partial charge in [0.2, 0.25) is 5.88 Å². The van der Waals surface area contributed by atoms with Crippen molar-refractivity contribution in [2.75, 3.05) is 19.7 Å². The Morgan fingerprint density at radius 1 is 1.03 bits per heavy atom. The molecule has 7 nitrogen and oxygen atoms in total. The molecule has 38 heavy (non-hydrogen) atoms. The van der Waals surface area contributed by atoms with Crippen LogP contribution < -0.4 is 4.74 Å². The summed E-state index contributed by atoms with van der Waals surface area (Å²) in [6.45, 7) is 4.54. The van der Waals surface area contributed by atoms with Crippen LogP contribution in [-0.4, -0.2) is 45.2 Å². The Labute approximate surface area is 221 Å². The first kappa shape index (κ1) is 24.5. The number of likely N-dealkylation sites (tertiary alicyclic amines) is 1. The summed E-state index contributed by atoms with van der Waals surface area (Å²) in [5, 5.41) is 8.92. The molecule has 6 rings (SSSR count). The zero-order valence-electron chi connectivity index (χ0n) is 21.2. The molecule has 2 aromatic carbocycles. The zero-order valence-corrected chi connectivity index (χ0v) is 21.2. The van der Waals surface area contributed by atoms with Gasteiger partial charge in [-0.15, -0.1) is 0 Å². The largest absolute Gasteiger partial charge is 0.473 e. The van der Waals surface area contributed by atoms with Crippen LogP contribution in [0.15, 0.2) is 60.7 Å². The predicted octanol–water partition coefficient (Wildman–Crippen LogP) is 5.19. The van der Waals surface area contributed by atoms with Crippen molar-refractivity contribution >= 4 is 11.0 Å². The number of hydrogen-bond donors (Lipinski definition) is 0. The smallest absolute Gasteiger partial charge is 0.213 e. The van der Waals surface area contributed by atoms with Crippen molar-refractivity contribution < 1.29 is 13.9 Å². The minimum Gasteiger partial charge on any atom is -0.473 e. The summed E-state index contributed by atoms with van der Waals surface area (Å²) in [5.74, 6) is 1.49. The van der Waals surface area contributed by atoms with Gasteiger partial charge in [-0.3, -0.25) is 4.90 Å². The third kappa shape index (κ3) is 5.26. The first-order chi connectivity index (χ1) is 18.7. The number of hydrogen-bond acceptors (Lipinski definition) is 6. The molecule has 0 N–H and O–H groups in total. The second-order valence-electron chi connectivity index (χ2n) is 10.1. The molecule has 0 saturated carbocycles. The average Bonchev–Trinajstić information content (AvgIpc) is 3.27. The number of nitriles is 1. The van der Waals surface area contributed by atoms with Crippen molar-refractivity contribution in [2.24, 2.45) is 0 Å². The van der Waals surface area contributed by atoms with E-state index in [-0.39, 0.29) is 12.7 Å². The highest BCUT2D eigenvalue weighted by molar-refractivity contribution is 5.75. The van der Waals surface area contributed by atoms with Crippen LogP contribution in [0.2, 0.25) is 0 Å². The normalized spacial score (nSPS) is 18.3. The van der Waals surface area contributed by atoms with E-state index in [9.17, 15) is 4.39 Å². The van der Waals surface area contributed by atoms with E-state index >= 15 is 0 Å². The molecule has 1 atom stereocenters. The molecule has 0 aliphatic carbocycles. The SMILES string of the molecule is N#Cc1ccc(COc2cccc(C3CCN(Cc4nc5ccccc5n4C[C@H]4CCO4)CC3)n2)c(F)c1. The number of halogens is 1. The third-order valence-electron chi connectivity index (χ3n) is 7.59. The molecular weight excluding hydrogens is 481 g/mol. The number of ether oxygens (including phenoxy) is 2. The highest BCUT2D eigenvalue weighted by atomic mass is 19.1. The number of rotatable bonds is 8. The van der Waals surface area contributed by atoms with Gasteiger partial charge in [0.05, 0.1) is 41.9 Å². The highest BCUT2D eigenvalue weighted by Crippen LogP contribution is 2.29. The molecule has 8 heteroatoms. The molecule has 0 radical (unpaired) electrons. The average molecular weight is 512 g/mol. The van der Waals surface area contributed by atoms with Crippen LogP contribution in [0.5, 0.6) is 5.88 Å². The fourth-order valence-corrected chi connectivity index (χ4v) is 5.29. The van der Waals surface area contributed by atoms with E-state index in [1.807, 2.05) is 24.3 Å². The Bertz CT molecular complexity index is 1470. The Morgan fingerprint density at radius 3 is 2.63 bits per heavy atom. The standard InChI is InChI=1S/C30H30FN5O2/c31-25-16-21(17-32)8-9-23(25)20-38-30-7-3-5-26(34-30)22-10-13-35(14-11-22)19-29-33-27-4-1-2-6-28(27)36(29)18-24-12-15-37-24/h1-9,16,22,24H,10-15,18-20H2/t24-/m1/s1. The maximum absolute atomic E-state index is 14.2. The zero-order chi connectivity index (χ0) is 25.9. The number of para-hydroxylation sites is 2. The first-order valence-electron chi connectivity index (χ1n) is 13.2. The summed E-state index contributed by atoms with van der Waals surface area (Å²) in [4.78, 5) is 12.2. The number of aromatic nitrogens is 3. The van der Waals surface area contributed by atoms with Crippen LogP contribution in [0, 0.1) is 17.1 Å². The summed E-state index contributed by atoms with van der Waals surface area (Å²) in [6.07, 6.45) is 3.40. The molecule has 2 aliphatic rings. The Hall–Kier alpha value is -3.80. The summed E-state index contributed by atoms with van der Waals surface area (Å²) in [7, 11) is 0. The summed E-state index contributed by atoms with van der Waals surface area (Å²) < 4.78 is 28.1. The molecule has 2 aliphatic heterocycles. The van der Waals surface area contributed by atoms with Crippen LogP contribution >= 0.6 is 0 Å². The lowest BCUT2D eigenvalue weighted by Gasteiger charge is -2.32. The second kappa shape index (κ2) is 10.9. The van der Waals surface area contributed by atoms with E-state index in [2.05, 4.69) is 27.7 Å². The van der Waals surface area contributed by atoms with Crippen LogP contribution in [-0.2, 0) is 24.4 Å². The lowest BCUT2D eigenvalue weighted by Crippen LogP contribution is -2.35. The lowest BCUT2D eigenvalue weighted by atomic mass is 9.93. The summed E-state index contributed by atoms with van der Waals surface area (Å²) in [5.41, 5.74) is 3.92. The topological polar surface area (TPSA) is 76.2 Å².